The van der Waals surface area contributed by atoms with Crippen LogP contribution in [0, 0.1) is 5.41 Å². The van der Waals surface area contributed by atoms with Gasteiger partial charge in [-0.25, -0.2) is 0 Å². The third-order valence-electron chi connectivity index (χ3n) is 5.19. The van der Waals surface area contributed by atoms with E-state index in [-0.39, 0.29) is 17.4 Å². The molecule has 1 fully saturated rings. The highest BCUT2D eigenvalue weighted by atomic mass is 16.3. The summed E-state index contributed by atoms with van der Waals surface area (Å²) in [6, 6.07) is 0.535. The van der Waals surface area contributed by atoms with Gasteiger partial charge in [-0.15, -0.1) is 0 Å². The van der Waals surface area contributed by atoms with Gasteiger partial charge in [-0.05, 0) is 25.3 Å². The molecule has 0 aromatic rings. The van der Waals surface area contributed by atoms with E-state index < -0.39 is 0 Å². The second kappa shape index (κ2) is 7.82. The second-order valence-electron chi connectivity index (χ2n) is 7.11. The molecule has 1 aliphatic heterocycles. The van der Waals surface area contributed by atoms with E-state index in [0.717, 1.165) is 32.2 Å². The molecule has 2 aliphatic rings. The number of hydrogen-bond acceptors (Lipinski definition) is 2. The lowest BCUT2D eigenvalue weighted by atomic mass is 9.70. The van der Waals surface area contributed by atoms with Crippen molar-refractivity contribution in [2.75, 3.05) is 13.2 Å². The van der Waals surface area contributed by atoms with Gasteiger partial charge in [0.2, 0.25) is 5.91 Å². The summed E-state index contributed by atoms with van der Waals surface area (Å²) in [4.78, 5) is 14.1. The van der Waals surface area contributed by atoms with E-state index in [4.69, 9.17) is 5.11 Å². The third kappa shape index (κ3) is 4.25. The Kier molecular flexibility index (Phi) is 6.05. The Morgan fingerprint density at radius 2 is 2.22 bits per heavy atom. The molecule has 23 heavy (non-hydrogen) atoms. The number of likely N-dealkylation sites (tertiary alicyclic amines) is 1. The van der Waals surface area contributed by atoms with Crippen LogP contribution < -0.4 is 5.32 Å². The summed E-state index contributed by atoms with van der Waals surface area (Å²) in [7, 11) is 0. The summed E-state index contributed by atoms with van der Waals surface area (Å²) in [6.07, 6.45) is 14.3. The van der Waals surface area contributed by atoms with Crippen LogP contribution in [-0.2, 0) is 4.79 Å². The van der Waals surface area contributed by atoms with Crippen LogP contribution >= 0.6 is 0 Å². The minimum absolute atomic E-state index is 0.0203. The molecule has 1 heterocycles. The fourth-order valence-electron chi connectivity index (χ4n) is 3.78. The molecule has 2 rings (SSSR count). The average Bonchev–Trinajstić information content (AvgIpc) is 2.76. The SMILES string of the molecule is CC(=O)N1CCC(NC2=CCC=CC=C2)C(C)(C)[C@@H]1CCC[OH2+]. The standard InChI is InChI=1S/C19H30N2O2/c1-15(23)21-13-12-17(19(2,3)18(21)11-8-14-22)20-16-9-6-4-5-7-10-16/h4-6,9-10,17-18,20,22H,7-8,11-14H2,1-3H3/p+1/t17?,18-/m0/s1. The van der Waals surface area contributed by atoms with Gasteiger partial charge < -0.3 is 15.3 Å². The maximum absolute atomic E-state index is 12.0. The zero-order chi connectivity index (χ0) is 16.9. The van der Waals surface area contributed by atoms with E-state index in [1.807, 2.05) is 4.90 Å². The first kappa shape index (κ1) is 17.8. The fraction of sp³-hybridized carbons (Fsp3) is 0.632. The Hall–Kier alpha value is -1.55. The summed E-state index contributed by atoms with van der Waals surface area (Å²) >= 11 is 0. The Balaban J connectivity index is 2.15. The quantitative estimate of drug-likeness (QED) is 0.792. The Morgan fingerprint density at radius 1 is 1.43 bits per heavy atom. The van der Waals surface area contributed by atoms with Crippen molar-refractivity contribution in [2.45, 2.75) is 58.5 Å². The van der Waals surface area contributed by atoms with Gasteiger partial charge >= 0.3 is 0 Å². The Bertz CT molecular complexity index is 505. The normalized spacial score (nSPS) is 26.6. The van der Waals surface area contributed by atoms with Crippen LogP contribution in [0.1, 0.15) is 46.5 Å². The van der Waals surface area contributed by atoms with Crippen molar-refractivity contribution >= 4 is 5.91 Å². The van der Waals surface area contributed by atoms with E-state index in [9.17, 15) is 4.79 Å². The molecule has 1 amide bonds. The van der Waals surface area contributed by atoms with Crippen LogP contribution in [0.3, 0.4) is 0 Å². The molecule has 0 radical (unpaired) electrons. The number of allylic oxidation sites excluding steroid dienone is 5. The minimum Gasteiger partial charge on any atom is -0.445 e. The topological polar surface area (TPSA) is 55.2 Å². The van der Waals surface area contributed by atoms with Crippen molar-refractivity contribution < 1.29 is 9.90 Å². The van der Waals surface area contributed by atoms with Gasteiger partial charge in [0.25, 0.3) is 0 Å². The van der Waals surface area contributed by atoms with Crippen LogP contribution in [0.25, 0.3) is 0 Å². The molecule has 0 aromatic carbocycles. The van der Waals surface area contributed by atoms with Crippen LogP contribution in [0.15, 0.2) is 36.1 Å². The van der Waals surface area contributed by atoms with Crippen LogP contribution in [0.4, 0.5) is 0 Å². The van der Waals surface area contributed by atoms with Crippen molar-refractivity contribution in [1.29, 1.82) is 0 Å². The van der Waals surface area contributed by atoms with Crippen LogP contribution in [0.5, 0.6) is 0 Å². The number of nitrogens with one attached hydrogen (secondary N) is 1. The second-order valence-corrected chi connectivity index (χ2v) is 7.11. The lowest BCUT2D eigenvalue weighted by molar-refractivity contribution is -0.138. The van der Waals surface area contributed by atoms with Crippen molar-refractivity contribution in [3.63, 3.8) is 0 Å². The Morgan fingerprint density at radius 3 is 2.91 bits per heavy atom. The van der Waals surface area contributed by atoms with E-state index in [2.05, 4.69) is 49.5 Å². The van der Waals surface area contributed by atoms with Gasteiger partial charge in [0.05, 0.1) is 0 Å². The van der Waals surface area contributed by atoms with E-state index in [0.29, 0.717) is 12.6 Å². The van der Waals surface area contributed by atoms with Gasteiger partial charge in [-0.3, -0.25) is 4.79 Å². The average molecular weight is 319 g/mol. The first-order chi connectivity index (χ1) is 11.0. The number of rotatable bonds is 5. The Labute approximate surface area is 139 Å². The molecule has 4 nitrogen and oxygen atoms in total. The van der Waals surface area contributed by atoms with Crippen molar-refractivity contribution in [2.24, 2.45) is 5.41 Å². The summed E-state index contributed by atoms with van der Waals surface area (Å²) in [5.41, 5.74) is 1.15. The zero-order valence-electron chi connectivity index (χ0n) is 14.6. The predicted octanol–water partition coefficient (Wildman–Crippen LogP) is 2.50. The molecule has 0 saturated carbocycles. The molecule has 128 valence electrons. The molecular formula is C19H31N2O2+. The summed E-state index contributed by atoms with van der Waals surface area (Å²) < 4.78 is 0. The number of carbonyl (C=O) groups is 1. The molecule has 1 saturated heterocycles. The molecule has 2 atom stereocenters. The molecule has 1 aliphatic carbocycles. The molecule has 0 spiro atoms. The highest BCUT2D eigenvalue weighted by Crippen LogP contribution is 2.38. The zero-order valence-corrected chi connectivity index (χ0v) is 14.6. The smallest absolute Gasteiger partial charge is 0.219 e. The van der Waals surface area contributed by atoms with Crippen molar-refractivity contribution in [3.8, 4) is 0 Å². The first-order valence-electron chi connectivity index (χ1n) is 8.68. The third-order valence-corrected chi connectivity index (χ3v) is 5.19. The van der Waals surface area contributed by atoms with E-state index >= 15 is 0 Å². The highest BCUT2D eigenvalue weighted by Gasteiger charge is 2.45. The summed E-state index contributed by atoms with van der Waals surface area (Å²) in [5.74, 6) is 0.157. The number of amides is 1. The minimum atomic E-state index is -0.0203. The van der Waals surface area contributed by atoms with Gasteiger partial charge in [0, 0.05) is 43.1 Å². The van der Waals surface area contributed by atoms with Crippen LogP contribution in [-0.4, -0.2) is 41.1 Å². The molecule has 0 aromatic heterocycles. The number of nitrogens with zero attached hydrogens (tertiary/aromatic N) is 1. The number of hydrogen-bond donors (Lipinski definition) is 1. The van der Waals surface area contributed by atoms with E-state index in [1.54, 1.807) is 6.92 Å². The van der Waals surface area contributed by atoms with Crippen molar-refractivity contribution in [3.05, 3.63) is 36.1 Å². The molecule has 0 bridgehead atoms. The monoisotopic (exact) mass is 319 g/mol. The van der Waals surface area contributed by atoms with Crippen LogP contribution in [0.2, 0.25) is 0 Å². The maximum atomic E-state index is 12.0. The summed E-state index contributed by atoms with van der Waals surface area (Å²) in [6.45, 7) is 7.41. The van der Waals surface area contributed by atoms with Gasteiger partial charge in [-0.2, -0.15) is 0 Å². The lowest BCUT2D eigenvalue weighted by Crippen LogP contribution is -2.61. The fourth-order valence-corrected chi connectivity index (χ4v) is 3.78. The highest BCUT2D eigenvalue weighted by molar-refractivity contribution is 5.74. The summed E-state index contributed by atoms with van der Waals surface area (Å²) in [5, 5.41) is 11.2. The molecule has 3 N–H and O–H groups in total. The molecule has 4 heteroatoms. The molecule has 1 unspecified atom stereocenters. The van der Waals surface area contributed by atoms with Gasteiger partial charge in [0.1, 0.15) is 6.61 Å². The largest absolute Gasteiger partial charge is 0.445 e. The van der Waals surface area contributed by atoms with E-state index in [1.165, 1.54) is 5.70 Å². The van der Waals surface area contributed by atoms with Gasteiger partial charge in [0.15, 0.2) is 0 Å². The lowest BCUT2D eigenvalue weighted by Gasteiger charge is -2.51. The first-order valence-corrected chi connectivity index (χ1v) is 8.68. The number of piperidine rings is 1. The predicted molar refractivity (Wildman–Crippen MR) is 95.2 cm³/mol. The molecular weight excluding hydrogens is 288 g/mol. The number of carbonyl (C=O) groups excluding carboxylic acids is 1. The van der Waals surface area contributed by atoms with Gasteiger partial charge in [-0.1, -0.05) is 38.2 Å². The maximum Gasteiger partial charge on any atom is 0.219 e. The van der Waals surface area contributed by atoms with Crippen molar-refractivity contribution in [1.82, 2.24) is 10.2 Å².